The largest absolute Gasteiger partial charge is 3.00 e. The second kappa shape index (κ2) is 19.2. The van der Waals surface area contributed by atoms with Crippen LogP contribution < -0.4 is 0 Å². The van der Waals surface area contributed by atoms with Crippen molar-refractivity contribution in [2.24, 2.45) is 0 Å². The number of hydrogen-bond donors (Lipinski definition) is 0. The van der Waals surface area contributed by atoms with Crippen LogP contribution >= 0.6 is 0 Å². The third-order valence-electron chi connectivity index (χ3n) is 12.3. The first kappa shape index (κ1) is 39.3. The Labute approximate surface area is 413 Å². The number of hydrogen-bond acceptors (Lipinski definition) is 4. The zero-order chi connectivity index (χ0) is 49.7. The Hall–Kier alpha value is -6.85. The molecule has 0 aliphatic carbocycles. The molecule has 67 heavy (non-hydrogen) atoms. The molecule has 0 unspecified atom stereocenters. The van der Waals surface area contributed by atoms with Crippen molar-refractivity contribution in [2.75, 3.05) is 0 Å². The number of aromatic nitrogens is 3. The number of halogens is 1. The minimum absolute atomic E-state index is 0. The zero-order valence-corrected chi connectivity index (χ0v) is 39.9. The second-order valence-corrected chi connectivity index (χ2v) is 18.0. The molecule has 330 valence electrons. The van der Waals surface area contributed by atoms with E-state index in [0.29, 0.717) is 51.6 Å². The minimum Gasteiger partial charge on any atom is -0.500 e. The van der Waals surface area contributed by atoms with Crippen LogP contribution in [0.3, 0.4) is 0 Å². The van der Waals surface area contributed by atoms with Gasteiger partial charge in [0, 0.05) is 29.5 Å². The maximum atomic E-state index is 15.7. The molecule has 0 amide bonds. The van der Waals surface area contributed by atoms with E-state index >= 15 is 4.39 Å². The summed E-state index contributed by atoms with van der Waals surface area (Å²) in [6.07, 6.45) is 1.12. The maximum Gasteiger partial charge on any atom is 3.00 e. The van der Waals surface area contributed by atoms with E-state index in [4.69, 9.17) is 15.8 Å². The molecule has 0 bridgehead atoms. The van der Waals surface area contributed by atoms with Gasteiger partial charge in [0.25, 0.3) is 0 Å². The summed E-state index contributed by atoms with van der Waals surface area (Å²) in [4.78, 5) is 14.3. The summed E-state index contributed by atoms with van der Waals surface area (Å²) < 4.78 is 69.0. The molecule has 10 aromatic rings. The molecular formula is C61H49FIrN3O. The molecule has 0 spiro atoms. The van der Waals surface area contributed by atoms with Crippen LogP contribution in [-0.2, 0) is 56.5 Å². The smallest absolute Gasteiger partial charge is 0.500 e. The van der Waals surface area contributed by atoms with Crippen molar-refractivity contribution in [2.45, 2.75) is 64.1 Å². The summed E-state index contributed by atoms with van der Waals surface area (Å²) in [6.45, 7) is 8.57. The maximum absolute atomic E-state index is 15.7. The number of benzene rings is 6. The van der Waals surface area contributed by atoms with E-state index < -0.39 is 29.4 Å². The van der Waals surface area contributed by atoms with E-state index in [9.17, 15) is 5.48 Å². The van der Waals surface area contributed by atoms with Crippen LogP contribution in [0.5, 0.6) is 0 Å². The van der Waals surface area contributed by atoms with Crippen molar-refractivity contribution in [3.8, 4) is 44.9 Å². The van der Waals surface area contributed by atoms with E-state index in [1.165, 1.54) is 12.3 Å². The van der Waals surface area contributed by atoms with Crippen LogP contribution in [0.1, 0.15) is 67.9 Å². The SMILES string of the molecule is [2H]c1cc2c(oc3c(-c4ccc(C([2H])([2H])C([2H])([2H])c5cc(CC(C)(C)c6ccc(-c7[c-]cccc7)nc6)cc(CC(C)(C)c6ccc(-c7[c-]cccc7)nc6)c5)cn4)[c-]ccc32)c(-c2ccccc2)c1F.[Ir+3]. The van der Waals surface area contributed by atoms with E-state index in [1.807, 2.05) is 79.1 Å². The monoisotopic (exact) mass is 1060 g/mol. The molecule has 0 aliphatic heterocycles. The standard InChI is InChI=1S/C61H49FN3O.Ir/c1-60(2,48-26-31-54(64-39-48)45-15-8-5-9-16-45)36-43-33-42(34-44(35-43)37-61(3,4)49-27-32-55(65-40-49)46-17-10-6-11-18-46)24-23-41-25-30-56(63-38-41)52-22-14-21-50-51-28-29-53(62)57(59(51)66-58(50)52)47-19-12-7-13-20-47;/h5-15,17,19-21,25-35,38-40H,23-24,36-37H2,1-4H3;/q-3;+3/i23D2,24D2,29D;. The van der Waals surface area contributed by atoms with Crippen molar-refractivity contribution in [1.82, 2.24) is 15.0 Å². The van der Waals surface area contributed by atoms with Gasteiger partial charge in [-0.2, -0.15) is 0 Å². The first-order valence-electron chi connectivity index (χ1n) is 24.6. The first-order valence-corrected chi connectivity index (χ1v) is 22.1. The summed E-state index contributed by atoms with van der Waals surface area (Å²) in [6, 6.07) is 56.0. The summed E-state index contributed by atoms with van der Waals surface area (Å²) >= 11 is 0. The molecule has 0 saturated carbocycles. The van der Waals surface area contributed by atoms with Gasteiger partial charge in [0.2, 0.25) is 0 Å². The van der Waals surface area contributed by atoms with Gasteiger partial charge in [-0.15, -0.1) is 90.0 Å². The number of pyridine rings is 3. The third-order valence-corrected chi connectivity index (χ3v) is 12.3. The Balaban J connectivity index is 0.00000640. The number of fused-ring (bicyclic) bond motifs is 3. The molecule has 0 saturated heterocycles. The average Bonchev–Trinajstić information content (AvgIpc) is 3.75. The van der Waals surface area contributed by atoms with Gasteiger partial charge in [-0.1, -0.05) is 124 Å². The van der Waals surface area contributed by atoms with Crippen molar-refractivity contribution < 1.29 is 35.8 Å². The average molecular weight is 1060 g/mol. The molecule has 0 fully saturated rings. The van der Waals surface area contributed by atoms with E-state index in [0.717, 1.165) is 44.8 Å². The predicted molar refractivity (Wildman–Crippen MR) is 266 cm³/mol. The van der Waals surface area contributed by atoms with Crippen molar-refractivity contribution in [3.05, 3.63) is 234 Å². The van der Waals surface area contributed by atoms with Gasteiger partial charge in [0.05, 0.1) is 12.5 Å². The summed E-state index contributed by atoms with van der Waals surface area (Å²) in [5.74, 6) is -0.687. The number of furan rings is 1. The van der Waals surface area contributed by atoms with Gasteiger partial charge < -0.3 is 19.4 Å². The minimum atomic E-state index is -2.55. The third kappa shape index (κ3) is 9.70. The van der Waals surface area contributed by atoms with Crippen LogP contribution in [0.15, 0.2) is 181 Å². The summed E-state index contributed by atoms with van der Waals surface area (Å²) in [7, 11) is 0. The molecule has 0 radical (unpaired) electrons. The van der Waals surface area contributed by atoms with Crippen LogP contribution in [0.2, 0.25) is 0 Å². The van der Waals surface area contributed by atoms with Crippen molar-refractivity contribution >= 4 is 21.9 Å². The van der Waals surface area contributed by atoms with E-state index in [-0.39, 0.29) is 42.8 Å². The van der Waals surface area contributed by atoms with Crippen molar-refractivity contribution in [1.29, 1.82) is 0 Å². The Morgan fingerprint density at radius 3 is 1.66 bits per heavy atom. The fraction of sp³-hybridized carbons (Fsp3) is 0.164. The summed E-state index contributed by atoms with van der Waals surface area (Å²) in [5, 5.41) is 1.22. The normalized spacial score (nSPS) is 13.3. The van der Waals surface area contributed by atoms with Crippen molar-refractivity contribution in [3.63, 3.8) is 0 Å². The second-order valence-electron chi connectivity index (χ2n) is 18.0. The van der Waals surface area contributed by atoms with Gasteiger partial charge in [0.1, 0.15) is 11.4 Å². The van der Waals surface area contributed by atoms with Crippen LogP contribution in [-0.4, -0.2) is 15.0 Å². The predicted octanol–water partition coefficient (Wildman–Crippen LogP) is 14.8. The van der Waals surface area contributed by atoms with E-state index in [2.05, 4.69) is 69.1 Å². The molecule has 0 N–H and O–H groups in total. The fourth-order valence-electron chi connectivity index (χ4n) is 8.81. The van der Waals surface area contributed by atoms with Gasteiger partial charge in [-0.3, -0.25) is 0 Å². The molecular weight excluding hydrogens is 1000 g/mol. The summed E-state index contributed by atoms with van der Waals surface area (Å²) in [5.41, 5.74) is 8.92. The zero-order valence-electron chi connectivity index (χ0n) is 42.5. The van der Waals surface area contributed by atoms with Crippen LogP contribution in [0.25, 0.3) is 66.8 Å². The van der Waals surface area contributed by atoms with Gasteiger partial charge in [0.15, 0.2) is 0 Å². The first-order chi connectivity index (χ1) is 34.0. The van der Waals surface area contributed by atoms with Gasteiger partial charge in [-0.25, -0.2) is 4.39 Å². The van der Waals surface area contributed by atoms with Crippen LogP contribution in [0, 0.1) is 24.0 Å². The number of aryl methyl sites for hydroxylation is 2. The molecule has 10 rings (SSSR count). The molecule has 6 heteroatoms. The quantitative estimate of drug-likeness (QED) is 0.108. The number of rotatable bonds is 13. The van der Waals surface area contributed by atoms with Crippen LogP contribution in [0.4, 0.5) is 4.39 Å². The molecule has 4 nitrogen and oxygen atoms in total. The topological polar surface area (TPSA) is 51.8 Å². The number of nitrogens with zero attached hydrogens (tertiary/aromatic N) is 3. The molecule has 0 atom stereocenters. The molecule has 0 aliphatic rings. The molecule has 6 aromatic carbocycles. The molecule has 4 heterocycles. The Bertz CT molecular complexity index is 3420. The fourth-order valence-corrected chi connectivity index (χ4v) is 8.81. The Morgan fingerprint density at radius 1 is 0.552 bits per heavy atom. The molecule has 4 aromatic heterocycles. The van der Waals surface area contributed by atoms with E-state index in [1.54, 1.807) is 60.7 Å². The van der Waals surface area contributed by atoms with Gasteiger partial charge in [-0.05, 0) is 105 Å². The van der Waals surface area contributed by atoms with Gasteiger partial charge >= 0.3 is 20.1 Å². The Kier molecular flexibility index (Phi) is 11.3. The Morgan fingerprint density at radius 2 is 1.10 bits per heavy atom.